The molecule has 2 heterocycles. The Labute approximate surface area is 188 Å². The second-order valence-electron chi connectivity index (χ2n) is 7.22. The number of carbonyl (C=O) groups excluding carboxylic acids is 1. The molecule has 1 fully saturated rings. The minimum Gasteiger partial charge on any atom is -0.420 e. The zero-order valence-electron chi connectivity index (χ0n) is 16.1. The number of esters is 1. The first-order chi connectivity index (χ1) is 14.0. The summed E-state index contributed by atoms with van der Waals surface area (Å²) in [4.78, 5) is 22.0. The molecule has 29 heavy (non-hydrogen) atoms. The number of likely N-dealkylation sites (N-methyl/N-ethyl adjacent to an activating group) is 1. The molecule has 0 atom stereocenters. The molecule has 7 heteroatoms. The first-order valence-corrected chi connectivity index (χ1v) is 10.9. The van der Waals surface area contributed by atoms with Crippen LogP contribution in [-0.4, -0.2) is 54.0 Å². The van der Waals surface area contributed by atoms with Crippen LogP contribution in [0.15, 0.2) is 48.7 Å². The maximum atomic E-state index is 12.8. The van der Waals surface area contributed by atoms with Crippen molar-refractivity contribution in [2.24, 2.45) is 0 Å². The van der Waals surface area contributed by atoms with E-state index in [1.54, 1.807) is 18.3 Å². The van der Waals surface area contributed by atoms with Gasteiger partial charge in [-0.05, 0) is 72.1 Å². The lowest BCUT2D eigenvalue weighted by molar-refractivity contribution is 0.0732. The van der Waals surface area contributed by atoms with Gasteiger partial charge >= 0.3 is 5.97 Å². The molecule has 0 spiro atoms. The third-order valence-corrected chi connectivity index (χ3v) is 6.17. The molecule has 5 nitrogen and oxygen atoms in total. The Bertz CT molecular complexity index is 1030. The number of fused-ring (bicyclic) bond motifs is 1. The number of hydrogen-bond acceptors (Lipinski definition) is 5. The average Bonchev–Trinajstić information content (AvgIpc) is 2.73. The molecular formula is C22H21ClIN3O2. The Morgan fingerprint density at radius 1 is 1.17 bits per heavy atom. The number of carbonyl (C=O) groups is 1. The maximum Gasteiger partial charge on any atom is 0.343 e. The zero-order valence-corrected chi connectivity index (χ0v) is 19.0. The first-order valence-electron chi connectivity index (χ1n) is 9.46. The highest BCUT2D eigenvalue weighted by molar-refractivity contribution is 14.1. The second-order valence-corrected chi connectivity index (χ2v) is 8.87. The molecule has 1 aromatic heterocycles. The highest BCUT2D eigenvalue weighted by atomic mass is 127. The van der Waals surface area contributed by atoms with Crippen LogP contribution in [0.2, 0.25) is 5.02 Å². The van der Waals surface area contributed by atoms with Gasteiger partial charge in [0.2, 0.25) is 0 Å². The normalized spacial score (nSPS) is 15.6. The summed E-state index contributed by atoms with van der Waals surface area (Å²) in [5.74, 6) is 0.0998. The van der Waals surface area contributed by atoms with E-state index in [1.165, 1.54) is 0 Å². The largest absolute Gasteiger partial charge is 0.420 e. The number of rotatable bonds is 4. The number of piperazine rings is 1. The lowest BCUT2D eigenvalue weighted by Crippen LogP contribution is -2.43. The van der Waals surface area contributed by atoms with Crippen molar-refractivity contribution in [3.8, 4) is 5.75 Å². The van der Waals surface area contributed by atoms with Crippen molar-refractivity contribution in [2.75, 3.05) is 33.2 Å². The SMILES string of the molecule is CN1CCN(Cc2cc(Cl)c3cccnc3c2OC(=O)c2ccc(I)cc2)CC1. The third-order valence-electron chi connectivity index (χ3n) is 5.14. The van der Waals surface area contributed by atoms with Crippen molar-refractivity contribution in [3.05, 3.63) is 68.4 Å². The number of pyridine rings is 1. The quantitative estimate of drug-likeness (QED) is 0.288. The fraction of sp³-hybridized carbons (Fsp3) is 0.273. The number of ether oxygens (including phenoxy) is 1. The number of benzene rings is 2. The monoisotopic (exact) mass is 521 g/mol. The molecule has 0 amide bonds. The molecule has 0 saturated carbocycles. The number of halogens is 2. The summed E-state index contributed by atoms with van der Waals surface area (Å²) in [7, 11) is 2.13. The molecule has 0 unspecified atom stereocenters. The van der Waals surface area contributed by atoms with Gasteiger partial charge < -0.3 is 9.64 Å². The zero-order chi connectivity index (χ0) is 20.4. The van der Waals surface area contributed by atoms with E-state index in [0.717, 1.165) is 40.7 Å². The molecule has 3 aromatic rings. The van der Waals surface area contributed by atoms with E-state index in [4.69, 9.17) is 16.3 Å². The summed E-state index contributed by atoms with van der Waals surface area (Å²) >= 11 is 8.75. The van der Waals surface area contributed by atoms with E-state index in [9.17, 15) is 4.79 Å². The Balaban J connectivity index is 1.70. The molecule has 1 aliphatic rings. The molecule has 4 rings (SSSR count). The van der Waals surface area contributed by atoms with Crippen molar-refractivity contribution in [2.45, 2.75) is 6.54 Å². The number of aromatic nitrogens is 1. The van der Waals surface area contributed by atoms with Gasteiger partial charge in [0, 0.05) is 53.4 Å². The molecule has 0 radical (unpaired) electrons. The van der Waals surface area contributed by atoms with Gasteiger partial charge in [0.15, 0.2) is 5.75 Å². The Hall–Kier alpha value is -1.74. The van der Waals surface area contributed by atoms with Gasteiger partial charge in [-0.1, -0.05) is 11.6 Å². The van der Waals surface area contributed by atoms with Gasteiger partial charge in [-0.25, -0.2) is 4.79 Å². The van der Waals surface area contributed by atoms with Crippen molar-refractivity contribution in [1.82, 2.24) is 14.8 Å². The van der Waals surface area contributed by atoms with Crippen LogP contribution in [0.1, 0.15) is 15.9 Å². The fourth-order valence-electron chi connectivity index (χ4n) is 3.44. The highest BCUT2D eigenvalue weighted by Crippen LogP contribution is 2.35. The van der Waals surface area contributed by atoms with Gasteiger partial charge in [0.1, 0.15) is 5.52 Å². The lowest BCUT2D eigenvalue weighted by atomic mass is 10.1. The van der Waals surface area contributed by atoms with Crippen LogP contribution in [0.4, 0.5) is 0 Å². The van der Waals surface area contributed by atoms with Crippen LogP contribution in [0.3, 0.4) is 0 Å². The van der Waals surface area contributed by atoms with E-state index in [2.05, 4.69) is 44.4 Å². The smallest absolute Gasteiger partial charge is 0.343 e. The molecule has 1 saturated heterocycles. The van der Waals surface area contributed by atoms with E-state index in [1.807, 2.05) is 30.3 Å². The molecule has 1 aliphatic heterocycles. The van der Waals surface area contributed by atoms with Crippen LogP contribution in [0, 0.1) is 3.57 Å². The average molecular weight is 522 g/mol. The van der Waals surface area contributed by atoms with Gasteiger partial charge in [0.25, 0.3) is 0 Å². The molecule has 2 aromatic carbocycles. The number of nitrogens with zero attached hydrogens (tertiary/aromatic N) is 3. The van der Waals surface area contributed by atoms with Crippen LogP contribution in [0.5, 0.6) is 5.75 Å². The Kier molecular flexibility index (Phi) is 6.34. The van der Waals surface area contributed by atoms with Gasteiger partial charge in [-0.15, -0.1) is 0 Å². The molecule has 0 bridgehead atoms. The second kappa shape index (κ2) is 8.95. The van der Waals surface area contributed by atoms with E-state index in [-0.39, 0.29) is 0 Å². The maximum absolute atomic E-state index is 12.8. The standard InChI is InChI=1S/C22H21ClIN3O2/c1-26-9-11-27(12-10-26)14-16-13-19(23)18-3-2-8-25-20(18)21(16)29-22(28)15-4-6-17(24)7-5-15/h2-8,13H,9-12,14H2,1H3. The predicted octanol–water partition coefficient (Wildman–Crippen LogP) is 4.46. The topological polar surface area (TPSA) is 45.7 Å². The first kappa shape index (κ1) is 20.5. The van der Waals surface area contributed by atoms with E-state index in [0.29, 0.717) is 28.4 Å². The van der Waals surface area contributed by atoms with Crippen LogP contribution in [0.25, 0.3) is 10.9 Å². The minimum absolute atomic E-state index is 0.393. The van der Waals surface area contributed by atoms with Crippen molar-refractivity contribution in [1.29, 1.82) is 0 Å². The van der Waals surface area contributed by atoms with E-state index >= 15 is 0 Å². The van der Waals surface area contributed by atoms with Crippen molar-refractivity contribution < 1.29 is 9.53 Å². The summed E-state index contributed by atoms with van der Waals surface area (Å²) < 4.78 is 6.97. The van der Waals surface area contributed by atoms with Crippen molar-refractivity contribution in [3.63, 3.8) is 0 Å². The van der Waals surface area contributed by atoms with Gasteiger partial charge in [0.05, 0.1) is 10.6 Å². The highest BCUT2D eigenvalue weighted by Gasteiger charge is 2.21. The molecular weight excluding hydrogens is 501 g/mol. The van der Waals surface area contributed by atoms with Gasteiger partial charge in [-0.2, -0.15) is 0 Å². The molecule has 0 N–H and O–H groups in total. The summed E-state index contributed by atoms with van der Waals surface area (Å²) in [6.07, 6.45) is 1.69. The Morgan fingerprint density at radius 2 is 1.90 bits per heavy atom. The summed E-state index contributed by atoms with van der Waals surface area (Å²) in [6, 6.07) is 13.0. The number of hydrogen-bond donors (Lipinski definition) is 0. The summed E-state index contributed by atoms with van der Waals surface area (Å²) in [5.41, 5.74) is 2.00. The summed E-state index contributed by atoms with van der Waals surface area (Å²) in [6.45, 7) is 4.60. The lowest BCUT2D eigenvalue weighted by Gasteiger charge is -2.32. The third kappa shape index (κ3) is 4.71. The molecule has 150 valence electrons. The predicted molar refractivity (Wildman–Crippen MR) is 124 cm³/mol. The molecule has 0 aliphatic carbocycles. The Morgan fingerprint density at radius 3 is 2.62 bits per heavy atom. The van der Waals surface area contributed by atoms with Gasteiger partial charge in [-0.3, -0.25) is 9.88 Å². The van der Waals surface area contributed by atoms with Crippen LogP contribution < -0.4 is 4.74 Å². The van der Waals surface area contributed by atoms with E-state index < -0.39 is 5.97 Å². The van der Waals surface area contributed by atoms with Crippen LogP contribution >= 0.6 is 34.2 Å². The summed E-state index contributed by atoms with van der Waals surface area (Å²) in [5, 5.41) is 1.40. The van der Waals surface area contributed by atoms with Crippen molar-refractivity contribution >= 4 is 51.1 Å². The fourth-order valence-corrected chi connectivity index (χ4v) is 4.09. The minimum atomic E-state index is -0.393. The van der Waals surface area contributed by atoms with Crippen LogP contribution in [-0.2, 0) is 6.54 Å².